The molecule has 2 atom stereocenters. The summed E-state index contributed by atoms with van der Waals surface area (Å²) in [5, 5.41) is 0. The van der Waals surface area contributed by atoms with Crippen molar-refractivity contribution in [1.82, 2.24) is 4.98 Å². The average molecular weight is 489 g/mol. The standard InChI is InChI=1S/C27H31F3N2O3/c1-17(25(33)34-2)24(19-4-5-19)20-6-3-18-7-8-26(35-23(18)13-20)9-11-32(12-10-26)22-14-21(15-31-16-22)27(28,29)30/h3,6,13-17,19,24H,4-5,7-12H2,1-2H3. The van der Waals surface area contributed by atoms with Gasteiger partial charge in [-0.15, -0.1) is 0 Å². The van der Waals surface area contributed by atoms with Gasteiger partial charge in [0, 0.05) is 32.1 Å². The Kier molecular flexibility index (Phi) is 6.18. The molecule has 2 unspecified atom stereocenters. The van der Waals surface area contributed by atoms with Gasteiger partial charge in [-0.1, -0.05) is 19.1 Å². The maximum absolute atomic E-state index is 13.1. The predicted octanol–water partition coefficient (Wildman–Crippen LogP) is 5.77. The van der Waals surface area contributed by atoms with Crippen LogP contribution in [-0.4, -0.2) is 36.8 Å². The van der Waals surface area contributed by atoms with Gasteiger partial charge in [0.1, 0.15) is 11.4 Å². The summed E-state index contributed by atoms with van der Waals surface area (Å²) in [4.78, 5) is 18.1. The summed E-state index contributed by atoms with van der Waals surface area (Å²) in [5.74, 6) is 1.08. The number of methoxy groups -OCH3 is 1. The number of rotatable bonds is 5. The van der Waals surface area contributed by atoms with E-state index in [2.05, 4.69) is 23.2 Å². The second-order valence-corrected chi connectivity index (χ2v) is 10.2. The Bertz CT molecular complexity index is 1090. The number of halogens is 3. The Labute approximate surface area is 203 Å². The summed E-state index contributed by atoms with van der Waals surface area (Å²) in [5.41, 5.74) is 1.74. The van der Waals surface area contributed by atoms with Crippen LogP contribution < -0.4 is 9.64 Å². The first-order valence-electron chi connectivity index (χ1n) is 12.4. The minimum absolute atomic E-state index is 0.115. The highest BCUT2D eigenvalue weighted by molar-refractivity contribution is 5.73. The van der Waals surface area contributed by atoms with E-state index in [0.717, 1.165) is 56.0 Å². The molecule has 3 aliphatic rings. The number of hydrogen-bond acceptors (Lipinski definition) is 5. The maximum Gasteiger partial charge on any atom is 0.417 e. The molecule has 2 aliphatic heterocycles. The molecule has 5 rings (SSSR count). The number of nitrogens with zero attached hydrogens (tertiary/aromatic N) is 2. The number of aromatic nitrogens is 1. The van der Waals surface area contributed by atoms with Crippen molar-refractivity contribution in [3.8, 4) is 5.75 Å². The first-order valence-corrected chi connectivity index (χ1v) is 12.4. The Morgan fingerprint density at radius 2 is 1.91 bits per heavy atom. The molecule has 1 saturated heterocycles. The van der Waals surface area contributed by atoms with E-state index in [9.17, 15) is 18.0 Å². The number of esters is 1. The zero-order valence-corrected chi connectivity index (χ0v) is 20.1. The maximum atomic E-state index is 13.1. The number of ether oxygens (including phenoxy) is 2. The van der Waals surface area contributed by atoms with Gasteiger partial charge in [-0.2, -0.15) is 13.2 Å². The van der Waals surface area contributed by atoms with Crippen LogP contribution in [0.3, 0.4) is 0 Å². The monoisotopic (exact) mass is 488 g/mol. The lowest BCUT2D eigenvalue weighted by atomic mass is 9.80. The Morgan fingerprint density at radius 1 is 1.17 bits per heavy atom. The molecule has 2 fully saturated rings. The highest BCUT2D eigenvalue weighted by atomic mass is 19.4. The van der Waals surface area contributed by atoms with Gasteiger partial charge >= 0.3 is 12.1 Å². The Hall–Kier alpha value is -2.77. The largest absolute Gasteiger partial charge is 0.487 e. The molecular weight excluding hydrogens is 457 g/mol. The van der Waals surface area contributed by atoms with Crippen molar-refractivity contribution < 1.29 is 27.4 Å². The molecule has 3 heterocycles. The molecular formula is C27H31F3N2O3. The van der Waals surface area contributed by atoms with Crippen molar-refractivity contribution in [1.29, 1.82) is 0 Å². The summed E-state index contributed by atoms with van der Waals surface area (Å²) >= 11 is 0. The first-order chi connectivity index (χ1) is 16.7. The van der Waals surface area contributed by atoms with E-state index in [-0.39, 0.29) is 23.4 Å². The van der Waals surface area contributed by atoms with Crippen molar-refractivity contribution >= 4 is 11.7 Å². The Morgan fingerprint density at radius 3 is 2.57 bits per heavy atom. The third-order valence-electron chi connectivity index (χ3n) is 7.99. The van der Waals surface area contributed by atoms with Crippen LogP contribution >= 0.6 is 0 Å². The van der Waals surface area contributed by atoms with E-state index in [1.807, 2.05) is 11.8 Å². The van der Waals surface area contributed by atoms with Gasteiger partial charge < -0.3 is 14.4 Å². The number of alkyl halides is 3. The minimum atomic E-state index is -4.41. The molecule has 0 amide bonds. The number of aryl methyl sites for hydroxylation is 1. The van der Waals surface area contributed by atoms with E-state index in [1.54, 1.807) is 0 Å². The third kappa shape index (κ3) is 4.84. The number of hydrogen-bond donors (Lipinski definition) is 0. The van der Waals surface area contributed by atoms with E-state index >= 15 is 0 Å². The number of anilines is 1. The lowest BCUT2D eigenvalue weighted by molar-refractivity contribution is -0.145. The fourth-order valence-corrected chi connectivity index (χ4v) is 5.76. The zero-order valence-electron chi connectivity index (χ0n) is 20.1. The molecule has 0 N–H and O–H groups in total. The topological polar surface area (TPSA) is 51.7 Å². The number of benzene rings is 1. The minimum Gasteiger partial charge on any atom is -0.487 e. The van der Waals surface area contributed by atoms with Gasteiger partial charge in [-0.25, -0.2) is 0 Å². The molecule has 1 aromatic heterocycles. The molecule has 1 saturated carbocycles. The highest BCUT2D eigenvalue weighted by Crippen LogP contribution is 2.49. The number of piperidine rings is 1. The van der Waals surface area contributed by atoms with Crippen molar-refractivity contribution in [3.63, 3.8) is 0 Å². The summed E-state index contributed by atoms with van der Waals surface area (Å²) in [6.45, 7) is 3.17. The van der Waals surface area contributed by atoms with E-state index in [4.69, 9.17) is 9.47 Å². The van der Waals surface area contributed by atoms with Gasteiger partial charge in [0.2, 0.25) is 0 Å². The molecule has 1 spiro atoms. The zero-order chi connectivity index (χ0) is 24.8. The second-order valence-electron chi connectivity index (χ2n) is 10.2. The summed E-state index contributed by atoms with van der Waals surface area (Å²) in [7, 11) is 1.43. The van der Waals surface area contributed by atoms with Crippen LogP contribution in [0.5, 0.6) is 5.75 Å². The van der Waals surface area contributed by atoms with Crippen LogP contribution in [-0.2, 0) is 22.1 Å². The van der Waals surface area contributed by atoms with Gasteiger partial charge in [0.15, 0.2) is 0 Å². The van der Waals surface area contributed by atoms with Crippen LogP contribution in [0.1, 0.15) is 61.6 Å². The molecule has 1 aliphatic carbocycles. The van der Waals surface area contributed by atoms with Crippen molar-refractivity contribution in [2.75, 3.05) is 25.1 Å². The number of fused-ring (bicyclic) bond motifs is 1. The van der Waals surface area contributed by atoms with Crippen LogP contribution in [0, 0.1) is 11.8 Å². The number of carbonyl (C=O) groups excluding carboxylic acids is 1. The normalized spacial score (nSPS) is 21.1. The fourth-order valence-electron chi connectivity index (χ4n) is 5.76. The van der Waals surface area contributed by atoms with E-state index in [0.29, 0.717) is 24.7 Å². The van der Waals surface area contributed by atoms with E-state index in [1.165, 1.54) is 24.9 Å². The lowest BCUT2D eigenvalue weighted by Crippen LogP contribution is -2.50. The average Bonchev–Trinajstić information content (AvgIpc) is 3.68. The predicted molar refractivity (Wildman–Crippen MR) is 125 cm³/mol. The number of carbonyl (C=O) groups is 1. The third-order valence-corrected chi connectivity index (χ3v) is 7.99. The number of pyridine rings is 1. The van der Waals surface area contributed by atoms with Crippen LogP contribution in [0.15, 0.2) is 36.7 Å². The lowest BCUT2D eigenvalue weighted by Gasteiger charge is -2.45. The van der Waals surface area contributed by atoms with Crippen molar-refractivity contribution in [2.24, 2.45) is 11.8 Å². The van der Waals surface area contributed by atoms with Gasteiger partial charge in [0.25, 0.3) is 0 Å². The molecule has 0 radical (unpaired) electrons. The smallest absolute Gasteiger partial charge is 0.417 e. The van der Waals surface area contributed by atoms with Crippen LogP contribution in [0.25, 0.3) is 0 Å². The molecule has 2 aromatic rings. The highest BCUT2D eigenvalue weighted by Gasteiger charge is 2.42. The summed E-state index contributed by atoms with van der Waals surface area (Å²) < 4.78 is 51.0. The SMILES string of the molecule is COC(=O)C(C)C(c1ccc2c(c1)OC1(CC2)CCN(c2cncc(C(F)(F)F)c2)CC1)C1CC1. The summed E-state index contributed by atoms with van der Waals surface area (Å²) in [6.07, 6.45) is 3.45. The van der Waals surface area contributed by atoms with Gasteiger partial charge in [-0.3, -0.25) is 9.78 Å². The van der Waals surface area contributed by atoms with Gasteiger partial charge in [0.05, 0.1) is 30.5 Å². The quantitative estimate of drug-likeness (QED) is 0.501. The van der Waals surface area contributed by atoms with E-state index < -0.39 is 11.7 Å². The first kappa shape index (κ1) is 23.9. The molecule has 1 aromatic carbocycles. The van der Waals surface area contributed by atoms with Crippen LogP contribution in [0.2, 0.25) is 0 Å². The molecule has 5 nitrogen and oxygen atoms in total. The second kappa shape index (κ2) is 9.03. The fraction of sp³-hybridized carbons (Fsp3) is 0.556. The molecule has 188 valence electrons. The molecule has 35 heavy (non-hydrogen) atoms. The molecule has 8 heteroatoms. The van der Waals surface area contributed by atoms with Gasteiger partial charge in [-0.05, 0) is 60.8 Å². The molecule has 0 bridgehead atoms. The van der Waals surface area contributed by atoms with Crippen LogP contribution in [0.4, 0.5) is 18.9 Å². The van der Waals surface area contributed by atoms with Crippen molar-refractivity contribution in [3.05, 3.63) is 53.3 Å². The summed E-state index contributed by atoms with van der Waals surface area (Å²) in [6, 6.07) is 7.54. The van der Waals surface area contributed by atoms with Crippen molar-refractivity contribution in [2.45, 2.75) is 63.1 Å². The Balaban J connectivity index is 1.31.